The summed E-state index contributed by atoms with van der Waals surface area (Å²) in [5, 5.41) is 0. The van der Waals surface area contributed by atoms with Gasteiger partial charge in [0, 0.05) is 6.54 Å². The van der Waals surface area contributed by atoms with Crippen LogP contribution in [0.4, 0.5) is 0 Å². The van der Waals surface area contributed by atoms with Crippen LogP contribution in [0.1, 0.15) is 46.0 Å². The molecule has 0 aromatic rings. The molecule has 0 aromatic heterocycles. The van der Waals surface area contributed by atoms with Crippen molar-refractivity contribution in [3.63, 3.8) is 0 Å². The van der Waals surface area contributed by atoms with Crippen molar-refractivity contribution in [1.82, 2.24) is 4.90 Å². The molecule has 0 saturated carbocycles. The molecular formula is C24H29NO. The van der Waals surface area contributed by atoms with Crippen LogP contribution < -0.4 is 0 Å². The molecule has 1 atom stereocenters. The number of rotatable bonds is 3. The van der Waals surface area contributed by atoms with E-state index in [0.717, 1.165) is 24.4 Å². The van der Waals surface area contributed by atoms with E-state index in [0.29, 0.717) is 0 Å². The third kappa shape index (κ3) is 3.19. The first-order valence-corrected chi connectivity index (χ1v) is 10.0. The van der Waals surface area contributed by atoms with Gasteiger partial charge >= 0.3 is 0 Å². The lowest BCUT2D eigenvalue weighted by Crippen LogP contribution is -2.54. The molecule has 0 radical (unpaired) electrons. The summed E-state index contributed by atoms with van der Waals surface area (Å²) in [6.45, 7) is 6.60. The zero-order valence-electron chi connectivity index (χ0n) is 16.0. The second kappa shape index (κ2) is 7.28. The minimum absolute atomic E-state index is 0.135. The smallest absolute Gasteiger partial charge is 0.127 e. The normalized spacial score (nSPS) is 30.2. The molecule has 4 rings (SSSR count). The van der Waals surface area contributed by atoms with Crippen molar-refractivity contribution in [2.75, 3.05) is 13.1 Å². The maximum atomic E-state index is 5.91. The van der Waals surface area contributed by atoms with Crippen molar-refractivity contribution in [2.45, 2.75) is 51.5 Å². The maximum absolute atomic E-state index is 5.91. The van der Waals surface area contributed by atoms with E-state index >= 15 is 0 Å². The summed E-state index contributed by atoms with van der Waals surface area (Å²) in [4.78, 5) is 2.69. The molecule has 3 aliphatic heterocycles. The Morgan fingerprint density at radius 3 is 3.00 bits per heavy atom. The van der Waals surface area contributed by atoms with Crippen LogP contribution in [-0.2, 0) is 4.74 Å². The van der Waals surface area contributed by atoms with Crippen LogP contribution in [0.15, 0.2) is 82.9 Å². The molecule has 2 nitrogen and oxygen atoms in total. The summed E-state index contributed by atoms with van der Waals surface area (Å²) < 4.78 is 5.91. The van der Waals surface area contributed by atoms with Crippen molar-refractivity contribution in [3.05, 3.63) is 82.9 Å². The van der Waals surface area contributed by atoms with Crippen molar-refractivity contribution in [2.24, 2.45) is 0 Å². The molecule has 2 heteroatoms. The van der Waals surface area contributed by atoms with E-state index in [1.54, 1.807) is 0 Å². The van der Waals surface area contributed by atoms with E-state index < -0.39 is 0 Å². The van der Waals surface area contributed by atoms with Crippen LogP contribution >= 0.6 is 0 Å². The quantitative estimate of drug-likeness (QED) is 0.645. The lowest BCUT2D eigenvalue weighted by atomic mass is 9.72. The summed E-state index contributed by atoms with van der Waals surface area (Å²) in [7, 11) is 0. The molecule has 1 aliphatic carbocycles. The van der Waals surface area contributed by atoms with Crippen molar-refractivity contribution < 1.29 is 4.74 Å². The van der Waals surface area contributed by atoms with Gasteiger partial charge in [-0.25, -0.2) is 0 Å². The highest BCUT2D eigenvalue weighted by atomic mass is 16.5. The lowest BCUT2D eigenvalue weighted by Gasteiger charge is -2.50. The molecule has 4 aliphatic rings. The first-order valence-electron chi connectivity index (χ1n) is 10.0. The van der Waals surface area contributed by atoms with Gasteiger partial charge in [-0.05, 0) is 80.5 Å². The topological polar surface area (TPSA) is 12.5 Å². The third-order valence-corrected chi connectivity index (χ3v) is 5.80. The van der Waals surface area contributed by atoms with Crippen LogP contribution in [0.3, 0.4) is 0 Å². The molecule has 1 fully saturated rings. The number of hydrogen-bond acceptors (Lipinski definition) is 2. The van der Waals surface area contributed by atoms with E-state index in [4.69, 9.17) is 4.74 Å². The van der Waals surface area contributed by atoms with E-state index in [2.05, 4.69) is 66.5 Å². The summed E-state index contributed by atoms with van der Waals surface area (Å²) in [6, 6.07) is 0. The molecule has 0 N–H and O–H groups in total. The second-order valence-electron chi connectivity index (χ2n) is 7.61. The molecular weight excluding hydrogens is 318 g/mol. The minimum Gasteiger partial charge on any atom is -0.462 e. The van der Waals surface area contributed by atoms with E-state index in [1.807, 2.05) is 6.92 Å². The number of allylic oxidation sites excluding steroid dienone is 9. The highest BCUT2D eigenvalue weighted by Gasteiger charge is 2.42. The molecule has 1 unspecified atom stereocenters. The Bertz CT molecular complexity index is 787. The number of hydrogen-bond donors (Lipinski definition) is 0. The highest BCUT2D eigenvalue weighted by molar-refractivity contribution is 5.56. The van der Waals surface area contributed by atoms with Gasteiger partial charge in [0.2, 0.25) is 0 Å². The Morgan fingerprint density at radius 2 is 2.12 bits per heavy atom. The monoisotopic (exact) mass is 347 g/mol. The van der Waals surface area contributed by atoms with E-state index in [1.165, 1.54) is 49.1 Å². The van der Waals surface area contributed by atoms with Crippen molar-refractivity contribution in [3.8, 4) is 0 Å². The van der Waals surface area contributed by atoms with Gasteiger partial charge in [-0.3, -0.25) is 4.90 Å². The van der Waals surface area contributed by atoms with Crippen LogP contribution in [0, 0.1) is 0 Å². The zero-order valence-corrected chi connectivity index (χ0v) is 16.0. The average molecular weight is 348 g/mol. The number of nitrogens with zero attached hydrogens (tertiary/aromatic N) is 1. The Morgan fingerprint density at radius 1 is 1.19 bits per heavy atom. The summed E-state index contributed by atoms with van der Waals surface area (Å²) >= 11 is 0. The number of piperidine rings is 1. The molecule has 0 aromatic carbocycles. The summed E-state index contributed by atoms with van der Waals surface area (Å²) in [5.41, 5.74) is 4.20. The standard InChI is InChI=1S/C24H29NO/c1-3-8-20-17-19(2)26-22(18-20)12-11-21-9-6-14-24-13-4-5-15-25(24)16-7-10-23(21)24/h6,8-12,14,17-18H,3-5,7,13,15-16H2,1-2H3. The van der Waals surface area contributed by atoms with Gasteiger partial charge < -0.3 is 4.74 Å². The molecule has 136 valence electrons. The van der Waals surface area contributed by atoms with Crippen LogP contribution in [-0.4, -0.2) is 23.5 Å². The van der Waals surface area contributed by atoms with Gasteiger partial charge in [-0.2, -0.15) is 0 Å². The lowest BCUT2D eigenvalue weighted by molar-refractivity contribution is 0.109. The first-order chi connectivity index (χ1) is 12.7. The Hall–Kier alpha value is -2.06. The highest BCUT2D eigenvalue weighted by Crippen LogP contribution is 2.44. The first kappa shape index (κ1) is 17.4. The Kier molecular flexibility index (Phi) is 4.86. The van der Waals surface area contributed by atoms with Gasteiger partial charge in [0.1, 0.15) is 11.5 Å². The van der Waals surface area contributed by atoms with Crippen molar-refractivity contribution >= 4 is 0 Å². The summed E-state index contributed by atoms with van der Waals surface area (Å²) in [5.74, 6) is 1.88. The average Bonchev–Trinajstić information content (AvgIpc) is 2.64. The molecule has 0 bridgehead atoms. The maximum Gasteiger partial charge on any atom is 0.127 e. The fourth-order valence-electron chi connectivity index (χ4n) is 4.70. The summed E-state index contributed by atoms with van der Waals surface area (Å²) in [6.07, 6.45) is 26.3. The fraction of sp³-hybridized carbons (Fsp3) is 0.417. The fourth-order valence-corrected chi connectivity index (χ4v) is 4.70. The molecule has 1 saturated heterocycles. The molecule has 26 heavy (non-hydrogen) atoms. The number of ether oxygens (including phenoxy) is 1. The van der Waals surface area contributed by atoms with Gasteiger partial charge in [-0.15, -0.1) is 0 Å². The molecule has 0 amide bonds. The van der Waals surface area contributed by atoms with Gasteiger partial charge in [0.15, 0.2) is 0 Å². The molecule has 1 spiro atoms. The SMILES string of the molecule is CCC=C1C=C(C)OC(C=CC2=CC=CC34CCCCN3CCC=C24)=C1. The van der Waals surface area contributed by atoms with Crippen LogP contribution in [0.2, 0.25) is 0 Å². The van der Waals surface area contributed by atoms with Crippen LogP contribution in [0.5, 0.6) is 0 Å². The Balaban J connectivity index is 1.60. The van der Waals surface area contributed by atoms with Crippen LogP contribution in [0.25, 0.3) is 0 Å². The predicted octanol–water partition coefficient (Wildman–Crippen LogP) is 5.75. The Labute approximate surface area is 157 Å². The van der Waals surface area contributed by atoms with Crippen molar-refractivity contribution in [1.29, 1.82) is 0 Å². The minimum atomic E-state index is 0.135. The second-order valence-corrected chi connectivity index (χ2v) is 7.61. The third-order valence-electron chi connectivity index (χ3n) is 5.80. The van der Waals surface area contributed by atoms with Gasteiger partial charge in [0.25, 0.3) is 0 Å². The molecule has 3 heterocycles. The van der Waals surface area contributed by atoms with E-state index in [9.17, 15) is 0 Å². The van der Waals surface area contributed by atoms with Gasteiger partial charge in [-0.1, -0.05) is 43.4 Å². The zero-order chi connectivity index (χ0) is 18.0. The largest absolute Gasteiger partial charge is 0.462 e. The predicted molar refractivity (Wildman–Crippen MR) is 109 cm³/mol. The van der Waals surface area contributed by atoms with Gasteiger partial charge in [0.05, 0.1) is 5.54 Å². The van der Waals surface area contributed by atoms with E-state index in [-0.39, 0.29) is 5.54 Å².